The minimum absolute atomic E-state index is 0. The van der Waals surface area contributed by atoms with Crippen molar-refractivity contribution in [1.82, 2.24) is 5.32 Å². The maximum absolute atomic E-state index is 5.75. The van der Waals surface area contributed by atoms with E-state index < -0.39 is 0 Å². The maximum Gasteiger partial charge on any atom is 0.188 e. The van der Waals surface area contributed by atoms with Gasteiger partial charge < -0.3 is 15.8 Å². The Labute approximate surface area is 139 Å². The van der Waals surface area contributed by atoms with Gasteiger partial charge in [-0.1, -0.05) is 32.4 Å². The third kappa shape index (κ3) is 8.24. The van der Waals surface area contributed by atoms with Crippen LogP contribution in [-0.2, 0) is 6.54 Å². The largest absolute Gasteiger partial charge is 0.494 e. The molecule has 4 nitrogen and oxygen atoms in total. The molecule has 1 rings (SSSR count). The first-order valence-corrected chi connectivity index (χ1v) is 7.01. The number of rotatable bonds is 8. The average molecular weight is 391 g/mol. The molecule has 0 unspecified atom stereocenters. The highest BCUT2D eigenvalue weighted by atomic mass is 127. The van der Waals surface area contributed by atoms with Crippen molar-refractivity contribution in [3.8, 4) is 5.75 Å². The predicted molar refractivity (Wildman–Crippen MR) is 95.9 cm³/mol. The number of benzene rings is 1. The topological polar surface area (TPSA) is 59.6 Å². The number of aliphatic imine (C=N–C) groups is 1. The van der Waals surface area contributed by atoms with Crippen molar-refractivity contribution in [1.29, 1.82) is 0 Å². The zero-order chi connectivity index (χ0) is 13.9. The highest BCUT2D eigenvalue weighted by Crippen LogP contribution is 2.14. The van der Waals surface area contributed by atoms with E-state index in [2.05, 4.69) is 24.2 Å². The van der Waals surface area contributed by atoms with Crippen molar-refractivity contribution >= 4 is 29.9 Å². The molecule has 0 aliphatic carbocycles. The molecule has 0 saturated carbocycles. The van der Waals surface area contributed by atoms with E-state index >= 15 is 0 Å². The van der Waals surface area contributed by atoms with Crippen LogP contribution in [0.1, 0.15) is 38.7 Å². The van der Waals surface area contributed by atoms with E-state index in [1.807, 2.05) is 24.3 Å². The number of nitrogens with zero attached hydrogens (tertiary/aromatic N) is 1. The molecule has 1 aromatic rings. The van der Waals surface area contributed by atoms with Crippen LogP contribution in [0, 0.1) is 0 Å². The first-order valence-electron chi connectivity index (χ1n) is 7.01. The smallest absolute Gasteiger partial charge is 0.188 e. The summed E-state index contributed by atoms with van der Waals surface area (Å²) in [7, 11) is 0. The van der Waals surface area contributed by atoms with Gasteiger partial charge in [-0.3, -0.25) is 0 Å². The van der Waals surface area contributed by atoms with Crippen molar-refractivity contribution in [2.75, 3.05) is 13.2 Å². The van der Waals surface area contributed by atoms with Gasteiger partial charge in [-0.25, -0.2) is 4.99 Å². The van der Waals surface area contributed by atoms with Crippen LogP contribution in [0.4, 0.5) is 0 Å². The SMILES string of the molecule is CCCCOc1cccc(CN=C(N)NCCC)c1.I. The van der Waals surface area contributed by atoms with E-state index in [1.54, 1.807) is 0 Å². The van der Waals surface area contributed by atoms with Crippen LogP contribution in [-0.4, -0.2) is 19.1 Å². The normalized spacial score (nSPS) is 10.8. The molecule has 0 radical (unpaired) electrons. The number of ether oxygens (including phenoxy) is 1. The molecule has 20 heavy (non-hydrogen) atoms. The molecule has 0 saturated heterocycles. The Bertz CT molecular complexity index is 396. The number of nitrogens with two attached hydrogens (primary N) is 1. The lowest BCUT2D eigenvalue weighted by Gasteiger charge is -2.07. The average Bonchev–Trinajstić information content (AvgIpc) is 2.44. The van der Waals surface area contributed by atoms with Crippen molar-refractivity contribution in [2.45, 2.75) is 39.7 Å². The van der Waals surface area contributed by atoms with Crippen molar-refractivity contribution in [3.63, 3.8) is 0 Å². The Morgan fingerprint density at radius 1 is 1.30 bits per heavy atom. The molecule has 0 aliphatic rings. The molecule has 0 bridgehead atoms. The van der Waals surface area contributed by atoms with E-state index in [0.29, 0.717) is 12.5 Å². The highest BCUT2D eigenvalue weighted by Gasteiger charge is 1.97. The van der Waals surface area contributed by atoms with E-state index in [-0.39, 0.29) is 24.0 Å². The Hall–Kier alpha value is -0.980. The summed E-state index contributed by atoms with van der Waals surface area (Å²) in [4.78, 5) is 4.30. The van der Waals surface area contributed by atoms with Crippen LogP contribution >= 0.6 is 24.0 Å². The number of hydrogen-bond donors (Lipinski definition) is 2. The Balaban J connectivity index is 0.00000361. The fraction of sp³-hybridized carbons (Fsp3) is 0.533. The van der Waals surface area contributed by atoms with Crippen LogP contribution in [0.15, 0.2) is 29.3 Å². The lowest BCUT2D eigenvalue weighted by atomic mass is 10.2. The summed E-state index contributed by atoms with van der Waals surface area (Å²) in [5.74, 6) is 1.40. The fourth-order valence-corrected chi connectivity index (χ4v) is 1.55. The molecule has 1 aromatic carbocycles. The zero-order valence-electron chi connectivity index (χ0n) is 12.4. The fourth-order valence-electron chi connectivity index (χ4n) is 1.55. The Morgan fingerprint density at radius 2 is 2.10 bits per heavy atom. The Morgan fingerprint density at radius 3 is 2.80 bits per heavy atom. The zero-order valence-corrected chi connectivity index (χ0v) is 14.7. The van der Waals surface area contributed by atoms with Gasteiger partial charge in [0.2, 0.25) is 0 Å². The molecular formula is C15H26IN3O. The van der Waals surface area contributed by atoms with Crippen LogP contribution in [0.5, 0.6) is 5.75 Å². The number of halogens is 1. The summed E-state index contributed by atoms with van der Waals surface area (Å²) in [6.45, 7) is 6.45. The Kier molecular flexibility index (Phi) is 11.2. The van der Waals surface area contributed by atoms with E-state index in [1.165, 1.54) is 0 Å². The van der Waals surface area contributed by atoms with Gasteiger partial charge in [0.25, 0.3) is 0 Å². The second-order valence-electron chi connectivity index (χ2n) is 4.48. The lowest BCUT2D eigenvalue weighted by Crippen LogP contribution is -2.32. The van der Waals surface area contributed by atoms with Crippen molar-refractivity contribution in [2.24, 2.45) is 10.7 Å². The van der Waals surface area contributed by atoms with Gasteiger partial charge in [0.1, 0.15) is 5.75 Å². The second kappa shape index (κ2) is 11.8. The van der Waals surface area contributed by atoms with Crippen LogP contribution in [0.3, 0.4) is 0 Å². The summed E-state index contributed by atoms with van der Waals surface area (Å²) >= 11 is 0. The predicted octanol–water partition coefficient (Wildman–Crippen LogP) is 3.30. The molecule has 0 aromatic heterocycles. The van der Waals surface area contributed by atoms with E-state index in [4.69, 9.17) is 10.5 Å². The minimum atomic E-state index is 0. The lowest BCUT2D eigenvalue weighted by molar-refractivity contribution is 0.309. The third-order valence-electron chi connectivity index (χ3n) is 2.65. The minimum Gasteiger partial charge on any atom is -0.494 e. The first-order chi connectivity index (χ1) is 9.26. The standard InChI is InChI=1S/C15H25N3O.HI/c1-3-5-10-19-14-8-6-7-13(11-14)12-18-15(16)17-9-4-2;/h6-8,11H,3-5,9-10,12H2,1-2H3,(H3,16,17,18);1H. The number of unbranched alkanes of at least 4 members (excludes halogenated alkanes) is 1. The van der Waals surface area contributed by atoms with Crippen LogP contribution in [0.25, 0.3) is 0 Å². The quantitative estimate of drug-likeness (QED) is 0.310. The van der Waals surface area contributed by atoms with E-state index in [0.717, 1.165) is 43.7 Å². The molecule has 0 heterocycles. The molecule has 0 fully saturated rings. The monoisotopic (exact) mass is 391 g/mol. The summed E-state index contributed by atoms with van der Waals surface area (Å²) < 4.78 is 5.66. The second-order valence-corrected chi connectivity index (χ2v) is 4.48. The molecule has 0 amide bonds. The molecular weight excluding hydrogens is 365 g/mol. The number of guanidine groups is 1. The molecule has 0 atom stereocenters. The van der Waals surface area contributed by atoms with Gasteiger partial charge in [0, 0.05) is 6.54 Å². The molecule has 3 N–H and O–H groups in total. The van der Waals surface area contributed by atoms with Crippen molar-refractivity contribution in [3.05, 3.63) is 29.8 Å². The van der Waals surface area contributed by atoms with Gasteiger partial charge in [0.15, 0.2) is 5.96 Å². The highest BCUT2D eigenvalue weighted by molar-refractivity contribution is 14.0. The van der Waals surface area contributed by atoms with Gasteiger partial charge >= 0.3 is 0 Å². The summed E-state index contributed by atoms with van der Waals surface area (Å²) in [5, 5.41) is 3.06. The molecule has 5 heteroatoms. The van der Waals surface area contributed by atoms with Crippen molar-refractivity contribution < 1.29 is 4.74 Å². The third-order valence-corrected chi connectivity index (χ3v) is 2.65. The first kappa shape index (κ1) is 19.0. The summed E-state index contributed by atoms with van der Waals surface area (Å²) in [6, 6.07) is 8.01. The summed E-state index contributed by atoms with van der Waals surface area (Å²) in [5.41, 5.74) is 6.86. The maximum atomic E-state index is 5.75. The molecule has 0 spiro atoms. The number of nitrogens with one attached hydrogen (secondary N) is 1. The van der Waals surface area contributed by atoms with E-state index in [9.17, 15) is 0 Å². The van der Waals surface area contributed by atoms with Gasteiger partial charge in [-0.05, 0) is 30.5 Å². The van der Waals surface area contributed by atoms with Gasteiger partial charge in [-0.2, -0.15) is 0 Å². The van der Waals surface area contributed by atoms with Gasteiger partial charge in [0.05, 0.1) is 13.2 Å². The summed E-state index contributed by atoms with van der Waals surface area (Å²) in [6.07, 6.45) is 3.26. The molecule has 0 aliphatic heterocycles. The molecule has 114 valence electrons. The van der Waals surface area contributed by atoms with Crippen LogP contribution < -0.4 is 15.8 Å². The van der Waals surface area contributed by atoms with Gasteiger partial charge in [-0.15, -0.1) is 24.0 Å². The van der Waals surface area contributed by atoms with Crippen LogP contribution in [0.2, 0.25) is 0 Å². The number of hydrogen-bond acceptors (Lipinski definition) is 2.